The summed E-state index contributed by atoms with van der Waals surface area (Å²) in [5.74, 6) is -0.423. The molecule has 0 saturated carbocycles. The van der Waals surface area contributed by atoms with Crippen molar-refractivity contribution >= 4 is 11.9 Å². The number of hydrogen-bond donors (Lipinski definition) is 0. The van der Waals surface area contributed by atoms with Crippen LogP contribution in [0.25, 0.3) is 6.08 Å². The van der Waals surface area contributed by atoms with Crippen LogP contribution in [0.1, 0.15) is 40.9 Å². The molecule has 0 unspecified atom stereocenters. The Hall–Kier alpha value is -2.56. The fourth-order valence-corrected chi connectivity index (χ4v) is 3.01. The van der Waals surface area contributed by atoms with Crippen LogP contribution in [-0.4, -0.2) is 17.6 Å². The second kappa shape index (κ2) is 6.31. The van der Waals surface area contributed by atoms with Crippen LogP contribution in [0.4, 0.5) is 13.2 Å². The van der Waals surface area contributed by atoms with E-state index in [9.17, 15) is 18.0 Å². The molecule has 1 aliphatic heterocycles. The van der Waals surface area contributed by atoms with Gasteiger partial charge in [0, 0.05) is 12.0 Å². The highest BCUT2D eigenvalue weighted by Gasteiger charge is 2.39. The molecule has 2 nitrogen and oxygen atoms in total. The Bertz CT molecular complexity index is 875. The third-order valence-electron chi connectivity index (χ3n) is 4.26. The Morgan fingerprint density at radius 1 is 1.12 bits per heavy atom. The second-order valence-corrected chi connectivity index (χ2v) is 7.16. The van der Waals surface area contributed by atoms with E-state index in [1.807, 2.05) is 20.8 Å². The summed E-state index contributed by atoms with van der Waals surface area (Å²) in [5.41, 5.74) is 0.428. The van der Waals surface area contributed by atoms with Gasteiger partial charge in [-0.15, -0.1) is 0 Å². The predicted octanol–water partition coefficient (Wildman–Crippen LogP) is 5.54. The first-order chi connectivity index (χ1) is 12.0. The van der Waals surface area contributed by atoms with E-state index in [4.69, 9.17) is 4.74 Å². The Morgan fingerprint density at radius 3 is 2.38 bits per heavy atom. The summed E-state index contributed by atoms with van der Waals surface area (Å²) >= 11 is 0. The molecule has 0 N–H and O–H groups in total. The molecule has 5 heteroatoms. The Labute approximate surface area is 150 Å². The monoisotopic (exact) mass is 360 g/mol. The van der Waals surface area contributed by atoms with Crippen molar-refractivity contribution < 1.29 is 22.7 Å². The molecule has 2 aromatic rings. The van der Waals surface area contributed by atoms with Crippen molar-refractivity contribution in [2.75, 3.05) is 0 Å². The first kappa shape index (κ1) is 18.2. The van der Waals surface area contributed by atoms with E-state index in [-0.39, 0.29) is 5.56 Å². The van der Waals surface area contributed by atoms with Crippen LogP contribution in [0.3, 0.4) is 0 Å². The number of benzene rings is 2. The van der Waals surface area contributed by atoms with Crippen molar-refractivity contribution in [1.82, 2.24) is 0 Å². The first-order valence-corrected chi connectivity index (χ1v) is 8.27. The van der Waals surface area contributed by atoms with Gasteiger partial charge in [0.05, 0.1) is 0 Å². The summed E-state index contributed by atoms with van der Waals surface area (Å²) in [6.45, 7) is 5.64. The van der Waals surface area contributed by atoms with Crippen molar-refractivity contribution in [3.63, 3.8) is 0 Å². The maximum atomic E-state index is 13.5. The summed E-state index contributed by atoms with van der Waals surface area (Å²) in [7, 11) is 0. The maximum Gasteiger partial charge on any atom is 0.420 e. The molecule has 2 aromatic carbocycles. The minimum Gasteiger partial charge on any atom is -0.487 e. The van der Waals surface area contributed by atoms with Crippen molar-refractivity contribution in [2.45, 2.75) is 39.0 Å². The molecule has 0 saturated heterocycles. The number of rotatable bonds is 3. The lowest BCUT2D eigenvalue weighted by Gasteiger charge is -2.16. The van der Waals surface area contributed by atoms with Gasteiger partial charge < -0.3 is 4.74 Å². The van der Waals surface area contributed by atoms with Crippen molar-refractivity contribution in [1.29, 1.82) is 0 Å². The molecule has 0 amide bonds. The smallest absolute Gasteiger partial charge is 0.420 e. The molecule has 1 heterocycles. The van der Waals surface area contributed by atoms with E-state index >= 15 is 0 Å². The molecule has 1 aliphatic rings. The molecule has 0 bridgehead atoms. The lowest BCUT2D eigenvalue weighted by molar-refractivity contribution is -0.0878. The fourth-order valence-electron chi connectivity index (χ4n) is 3.01. The van der Waals surface area contributed by atoms with Gasteiger partial charge in [-0.25, -0.2) is 0 Å². The lowest BCUT2D eigenvalue weighted by atomic mass is 9.96. The number of carbonyl (C=O) groups is 1. The van der Waals surface area contributed by atoms with Crippen LogP contribution >= 0.6 is 0 Å². The summed E-state index contributed by atoms with van der Waals surface area (Å²) in [6, 6.07) is 11.0. The van der Waals surface area contributed by atoms with Crippen molar-refractivity contribution in [2.24, 2.45) is 0 Å². The molecular weight excluding hydrogens is 341 g/mol. The van der Waals surface area contributed by atoms with Gasteiger partial charge in [-0.3, -0.25) is 4.79 Å². The van der Waals surface area contributed by atoms with E-state index in [0.717, 1.165) is 17.2 Å². The lowest BCUT2D eigenvalue weighted by Crippen LogP contribution is -2.24. The van der Waals surface area contributed by atoms with E-state index in [1.54, 1.807) is 30.3 Å². The predicted molar refractivity (Wildman–Crippen MR) is 94.4 cm³/mol. The number of carbonyl (C=O) groups excluding carboxylic acids is 1. The molecule has 3 rings (SSSR count). The van der Waals surface area contributed by atoms with Crippen LogP contribution in [0.15, 0.2) is 48.0 Å². The largest absolute Gasteiger partial charge is 0.487 e. The van der Waals surface area contributed by atoms with E-state index < -0.39 is 23.1 Å². The molecule has 136 valence electrons. The Morgan fingerprint density at radius 2 is 1.77 bits per heavy atom. The molecule has 0 radical (unpaired) electrons. The highest BCUT2D eigenvalue weighted by atomic mass is 19.4. The molecule has 0 aliphatic carbocycles. The highest BCUT2D eigenvalue weighted by molar-refractivity contribution is 6.12. The van der Waals surface area contributed by atoms with Gasteiger partial charge >= 0.3 is 6.18 Å². The number of allylic oxidation sites excluding steroid dienone is 1. The first-order valence-electron chi connectivity index (χ1n) is 8.27. The molecule has 0 aromatic heterocycles. The molecular formula is C21H19F3O2. The molecule has 0 atom stereocenters. The number of alkyl halides is 3. The van der Waals surface area contributed by atoms with Gasteiger partial charge in [-0.05, 0) is 56.2 Å². The van der Waals surface area contributed by atoms with Gasteiger partial charge in [0.25, 0.3) is 0 Å². The van der Waals surface area contributed by atoms with Crippen molar-refractivity contribution in [3.05, 3.63) is 70.3 Å². The SMILES string of the molecule is Cc1ccc(/C=C(\C(=O)c2ccc3c(c2)CC(C)(C)O3)C(F)(F)F)cc1. The number of halogens is 3. The van der Waals surface area contributed by atoms with Crippen LogP contribution in [0.5, 0.6) is 5.75 Å². The Kier molecular flexibility index (Phi) is 4.42. The van der Waals surface area contributed by atoms with E-state index in [0.29, 0.717) is 17.7 Å². The average molecular weight is 360 g/mol. The van der Waals surface area contributed by atoms with Crippen LogP contribution < -0.4 is 4.74 Å². The maximum absolute atomic E-state index is 13.5. The van der Waals surface area contributed by atoms with Crippen LogP contribution in [0, 0.1) is 6.92 Å². The third kappa shape index (κ3) is 3.82. The van der Waals surface area contributed by atoms with Gasteiger partial charge in [-0.2, -0.15) is 13.2 Å². The number of ether oxygens (including phenoxy) is 1. The van der Waals surface area contributed by atoms with E-state index in [1.165, 1.54) is 12.1 Å². The fraction of sp³-hybridized carbons (Fsp3) is 0.286. The number of ketones is 1. The van der Waals surface area contributed by atoms with Gasteiger partial charge in [0.1, 0.15) is 16.9 Å². The summed E-state index contributed by atoms with van der Waals surface area (Å²) in [5, 5.41) is 0. The normalized spacial score (nSPS) is 16.2. The Balaban J connectivity index is 1.98. The zero-order chi connectivity index (χ0) is 19.1. The zero-order valence-corrected chi connectivity index (χ0v) is 14.8. The van der Waals surface area contributed by atoms with Gasteiger partial charge in [-0.1, -0.05) is 29.8 Å². The molecule has 0 spiro atoms. The van der Waals surface area contributed by atoms with Gasteiger partial charge in [0.2, 0.25) is 0 Å². The summed E-state index contributed by atoms with van der Waals surface area (Å²) in [4.78, 5) is 12.6. The molecule has 0 fully saturated rings. The number of hydrogen-bond acceptors (Lipinski definition) is 2. The highest BCUT2D eigenvalue weighted by Crippen LogP contribution is 2.37. The minimum atomic E-state index is -4.74. The average Bonchev–Trinajstić information content (AvgIpc) is 2.85. The number of fused-ring (bicyclic) bond motifs is 1. The topological polar surface area (TPSA) is 26.3 Å². The van der Waals surface area contributed by atoms with Gasteiger partial charge in [0.15, 0.2) is 5.78 Å². The quantitative estimate of drug-likeness (QED) is 0.531. The number of aryl methyl sites for hydroxylation is 1. The van der Waals surface area contributed by atoms with E-state index in [2.05, 4.69) is 0 Å². The van der Waals surface area contributed by atoms with Crippen LogP contribution in [0.2, 0.25) is 0 Å². The van der Waals surface area contributed by atoms with Crippen LogP contribution in [-0.2, 0) is 6.42 Å². The third-order valence-corrected chi connectivity index (χ3v) is 4.26. The summed E-state index contributed by atoms with van der Waals surface area (Å²) < 4.78 is 46.2. The zero-order valence-electron chi connectivity index (χ0n) is 14.8. The van der Waals surface area contributed by atoms with Crippen molar-refractivity contribution in [3.8, 4) is 5.75 Å². The second-order valence-electron chi connectivity index (χ2n) is 7.16. The molecule has 26 heavy (non-hydrogen) atoms. The standard InChI is InChI=1S/C21H19F3O2/c1-13-4-6-14(7-5-13)10-17(21(22,23)24)19(25)15-8-9-18-16(11-15)12-20(2,3)26-18/h4-11H,12H2,1-3H3/b17-10+. The summed E-state index contributed by atoms with van der Waals surface area (Å²) in [6.07, 6.45) is -3.29. The minimum absolute atomic E-state index is 0.0146. The number of Topliss-reactive ketones (excluding diaryl/α,β-unsaturated/α-hetero) is 1.